The van der Waals surface area contributed by atoms with Crippen molar-refractivity contribution in [3.05, 3.63) is 35.4 Å². The third-order valence-electron chi connectivity index (χ3n) is 2.83. The molecule has 5 nitrogen and oxygen atoms in total. The summed E-state index contributed by atoms with van der Waals surface area (Å²) in [5.74, 6) is -1.32. The lowest BCUT2D eigenvalue weighted by Crippen LogP contribution is -2.48. The van der Waals surface area contributed by atoms with Crippen molar-refractivity contribution in [1.29, 1.82) is 0 Å². The number of methoxy groups -OCH3 is 1. The Morgan fingerprint density at radius 2 is 1.95 bits per heavy atom. The molecule has 0 aliphatic rings. The molecule has 0 saturated heterocycles. The van der Waals surface area contributed by atoms with Crippen LogP contribution in [0.5, 0.6) is 0 Å². The first-order valence-electron chi connectivity index (χ1n) is 6.37. The molecule has 0 saturated carbocycles. The van der Waals surface area contributed by atoms with Crippen molar-refractivity contribution < 1.29 is 19.4 Å². The second-order valence-corrected chi connectivity index (χ2v) is 5.59. The van der Waals surface area contributed by atoms with Crippen LogP contribution in [0.4, 0.5) is 0 Å². The number of hydrogen-bond acceptors (Lipinski definition) is 3. The Morgan fingerprint density at radius 3 is 2.45 bits per heavy atom. The number of rotatable bonds is 5. The lowest BCUT2D eigenvalue weighted by atomic mass is 10.0. The van der Waals surface area contributed by atoms with Gasteiger partial charge in [0, 0.05) is 18.2 Å². The standard InChI is InChI=1S/C15H21NO4/c1-15(2,3)16(9-13(17)18)14(19)12-7-5-6-11(8-12)10-20-4/h5-8H,9-10H2,1-4H3,(H,17,18). The molecule has 0 unspecified atom stereocenters. The van der Waals surface area contributed by atoms with Gasteiger partial charge in [0.2, 0.25) is 0 Å². The van der Waals surface area contributed by atoms with Gasteiger partial charge in [0.25, 0.3) is 5.91 Å². The Morgan fingerprint density at radius 1 is 1.30 bits per heavy atom. The van der Waals surface area contributed by atoms with Crippen molar-refractivity contribution in [2.24, 2.45) is 0 Å². The van der Waals surface area contributed by atoms with Gasteiger partial charge in [-0.05, 0) is 38.5 Å². The topological polar surface area (TPSA) is 66.8 Å². The predicted octanol–water partition coefficient (Wildman–Crippen LogP) is 2.16. The summed E-state index contributed by atoms with van der Waals surface area (Å²) in [7, 11) is 1.58. The van der Waals surface area contributed by atoms with Crippen LogP contribution < -0.4 is 0 Å². The smallest absolute Gasteiger partial charge is 0.323 e. The minimum absolute atomic E-state index is 0.294. The van der Waals surface area contributed by atoms with Crippen LogP contribution in [0.1, 0.15) is 36.7 Å². The van der Waals surface area contributed by atoms with Gasteiger partial charge in [-0.3, -0.25) is 9.59 Å². The Labute approximate surface area is 119 Å². The Hall–Kier alpha value is -1.88. The molecule has 0 aliphatic carbocycles. The molecule has 110 valence electrons. The number of carbonyl (C=O) groups is 2. The highest BCUT2D eigenvalue weighted by Gasteiger charge is 2.29. The number of hydrogen-bond donors (Lipinski definition) is 1. The SMILES string of the molecule is COCc1cccc(C(=O)N(CC(=O)O)C(C)(C)C)c1. The second kappa shape index (κ2) is 6.52. The van der Waals surface area contributed by atoms with Crippen molar-refractivity contribution in [2.75, 3.05) is 13.7 Å². The van der Waals surface area contributed by atoms with E-state index < -0.39 is 11.5 Å². The number of ether oxygens (including phenoxy) is 1. The van der Waals surface area contributed by atoms with Crippen molar-refractivity contribution >= 4 is 11.9 Å². The molecule has 0 spiro atoms. The third-order valence-corrected chi connectivity index (χ3v) is 2.83. The molecule has 0 aliphatic heterocycles. The van der Waals surface area contributed by atoms with Gasteiger partial charge < -0.3 is 14.7 Å². The van der Waals surface area contributed by atoms with E-state index in [0.29, 0.717) is 12.2 Å². The van der Waals surface area contributed by atoms with Crippen molar-refractivity contribution in [1.82, 2.24) is 4.90 Å². The lowest BCUT2D eigenvalue weighted by Gasteiger charge is -2.34. The fourth-order valence-corrected chi connectivity index (χ4v) is 1.87. The predicted molar refractivity (Wildman–Crippen MR) is 75.6 cm³/mol. The molecule has 1 aromatic rings. The van der Waals surface area contributed by atoms with Gasteiger partial charge in [0.05, 0.1) is 6.61 Å². The highest BCUT2D eigenvalue weighted by atomic mass is 16.5. The first-order valence-corrected chi connectivity index (χ1v) is 6.37. The van der Waals surface area contributed by atoms with Gasteiger partial charge in [-0.2, -0.15) is 0 Å². The van der Waals surface area contributed by atoms with Gasteiger partial charge >= 0.3 is 5.97 Å². The maximum atomic E-state index is 12.5. The largest absolute Gasteiger partial charge is 0.480 e. The summed E-state index contributed by atoms with van der Waals surface area (Å²) in [5.41, 5.74) is 0.783. The lowest BCUT2D eigenvalue weighted by molar-refractivity contribution is -0.138. The van der Waals surface area contributed by atoms with Crippen molar-refractivity contribution in [2.45, 2.75) is 32.9 Å². The molecule has 0 atom stereocenters. The van der Waals surface area contributed by atoms with Crippen LogP contribution in [0.2, 0.25) is 0 Å². The minimum Gasteiger partial charge on any atom is -0.480 e. The summed E-state index contributed by atoms with van der Waals surface area (Å²) in [5, 5.41) is 8.97. The zero-order chi connectivity index (χ0) is 15.3. The number of carboxylic acid groups (broad SMARTS) is 1. The number of carboxylic acids is 1. The van der Waals surface area contributed by atoms with Crippen LogP contribution in [0.3, 0.4) is 0 Å². The molecule has 0 fully saturated rings. The second-order valence-electron chi connectivity index (χ2n) is 5.59. The fourth-order valence-electron chi connectivity index (χ4n) is 1.87. The highest BCUT2D eigenvalue weighted by Crippen LogP contribution is 2.18. The summed E-state index contributed by atoms with van der Waals surface area (Å²) < 4.78 is 5.04. The van der Waals surface area contributed by atoms with Gasteiger partial charge in [-0.15, -0.1) is 0 Å². The molecular weight excluding hydrogens is 258 g/mol. The average molecular weight is 279 g/mol. The van der Waals surface area contributed by atoms with E-state index in [1.807, 2.05) is 26.8 Å². The van der Waals surface area contributed by atoms with Crippen LogP contribution in [0.15, 0.2) is 24.3 Å². The molecule has 5 heteroatoms. The quantitative estimate of drug-likeness (QED) is 0.897. The van der Waals surface area contributed by atoms with E-state index in [2.05, 4.69) is 0 Å². The molecule has 1 amide bonds. The summed E-state index contributed by atoms with van der Waals surface area (Å²) >= 11 is 0. The molecular formula is C15H21NO4. The zero-order valence-electron chi connectivity index (χ0n) is 12.3. The summed E-state index contributed by atoms with van der Waals surface area (Å²) in [6.45, 7) is 5.53. The number of nitrogens with zero attached hydrogens (tertiary/aromatic N) is 1. The van der Waals surface area contributed by atoms with Crippen LogP contribution >= 0.6 is 0 Å². The minimum atomic E-state index is -1.03. The van der Waals surface area contributed by atoms with Crippen LogP contribution in [0, 0.1) is 0 Å². The molecule has 1 rings (SSSR count). The molecule has 1 N–H and O–H groups in total. The van der Waals surface area contributed by atoms with E-state index in [1.165, 1.54) is 4.90 Å². The first-order chi connectivity index (χ1) is 9.25. The Kier molecular flexibility index (Phi) is 5.27. The monoisotopic (exact) mass is 279 g/mol. The van der Waals surface area contributed by atoms with Gasteiger partial charge in [0.1, 0.15) is 6.54 Å². The Bertz CT molecular complexity index is 491. The molecule has 1 aromatic carbocycles. The first kappa shape index (κ1) is 16.2. The number of carbonyl (C=O) groups excluding carboxylic acids is 1. The number of amides is 1. The summed E-state index contributed by atoms with van der Waals surface area (Å²) in [6, 6.07) is 7.04. The van der Waals surface area contributed by atoms with Gasteiger partial charge in [-0.25, -0.2) is 0 Å². The van der Waals surface area contributed by atoms with E-state index in [-0.39, 0.29) is 12.5 Å². The van der Waals surface area contributed by atoms with Gasteiger partial charge in [0.15, 0.2) is 0 Å². The summed E-state index contributed by atoms with van der Waals surface area (Å²) in [6.07, 6.45) is 0. The van der Waals surface area contributed by atoms with Crippen molar-refractivity contribution in [3.8, 4) is 0 Å². The van der Waals surface area contributed by atoms with Crippen molar-refractivity contribution in [3.63, 3.8) is 0 Å². The fraction of sp³-hybridized carbons (Fsp3) is 0.467. The number of aliphatic carboxylic acids is 1. The average Bonchev–Trinajstić information content (AvgIpc) is 2.34. The molecule has 0 radical (unpaired) electrons. The molecule has 0 bridgehead atoms. The third kappa shape index (κ3) is 4.35. The van der Waals surface area contributed by atoms with Gasteiger partial charge in [-0.1, -0.05) is 12.1 Å². The molecule has 0 aromatic heterocycles. The number of benzene rings is 1. The maximum absolute atomic E-state index is 12.5. The van der Waals surface area contributed by atoms with E-state index >= 15 is 0 Å². The van der Waals surface area contributed by atoms with E-state index in [4.69, 9.17) is 9.84 Å². The maximum Gasteiger partial charge on any atom is 0.323 e. The Balaban J connectivity index is 3.05. The van der Waals surface area contributed by atoms with Crippen LogP contribution in [-0.2, 0) is 16.1 Å². The zero-order valence-corrected chi connectivity index (χ0v) is 12.3. The highest BCUT2D eigenvalue weighted by molar-refractivity contribution is 5.96. The van der Waals surface area contributed by atoms with Crippen LogP contribution in [0.25, 0.3) is 0 Å². The summed E-state index contributed by atoms with van der Waals surface area (Å²) in [4.78, 5) is 24.8. The normalized spacial score (nSPS) is 11.2. The molecule has 0 heterocycles. The van der Waals surface area contributed by atoms with E-state index in [0.717, 1.165) is 5.56 Å². The van der Waals surface area contributed by atoms with E-state index in [9.17, 15) is 9.59 Å². The molecule has 20 heavy (non-hydrogen) atoms. The van der Waals surface area contributed by atoms with Crippen LogP contribution in [-0.4, -0.2) is 41.1 Å². The van der Waals surface area contributed by atoms with E-state index in [1.54, 1.807) is 25.3 Å².